The fraction of sp³-hybridized carbons (Fsp3) is 0.462. The van der Waals surface area contributed by atoms with Crippen molar-refractivity contribution < 1.29 is 14.7 Å². The number of ether oxygens (including phenoxy) is 1. The molecule has 0 bridgehead atoms. The van der Waals surface area contributed by atoms with Gasteiger partial charge in [-0.3, -0.25) is 0 Å². The van der Waals surface area contributed by atoms with Crippen LogP contribution in [0.5, 0.6) is 5.75 Å². The molecule has 0 amide bonds. The van der Waals surface area contributed by atoms with Crippen molar-refractivity contribution in [3.8, 4) is 5.75 Å². The van der Waals surface area contributed by atoms with Crippen LogP contribution in [0, 0.1) is 5.92 Å². The Morgan fingerprint density at radius 1 is 1.35 bits per heavy atom. The molecular weight excluding hydrogens is 218 g/mol. The molecule has 1 aliphatic rings. The predicted molar refractivity (Wildman–Crippen MR) is 65.3 cm³/mol. The van der Waals surface area contributed by atoms with Crippen LogP contribution in [0.3, 0.4) is 0 Å². The average molecular weight is 235 g/mol. The van der Waals surface area contributed by atoms with Crippen LogP contribution in [0.4, 0.5) is 0 Å². The molecule has 4 nitrogen and oxygen atoms in total. The van der Waals surface area contributed by atoms with Gasteiger partial charge >= 0.3 is 0 Å². The Bertz CT molecular complexity index is 400. The Morgan fingerprint density at radius 3 is 2.59 bits per heavy atom. The number of benzene rings is 1. The Balaban J connectivity index is 2.21. The van der Waals surface area contributed by atoms with Crippen molar-refractivity contribution >= 4 is 5.71 Å². The molecule has 1 unspecified atom stereocenters. The van der Waals surface area contributed by atoms with Crippen LogP contribution in [0.2, 0.25) is 0 Å². The number of hydrogen-bond acceptors (Lipinski definition) is 4. The highest BCUT2D eigenvalue weighted by molar-refractivity contribution is 6.03. The average Bonchev–Trinajstić information content (AvgIpc) is 2.81. The van der Waals surface area contributed by atoms with Gasteiger partial charge in [0.2, 0.25) is 0 Å². The predicted octanol–water partition coefficient (Wildman–Crippen LogP) is 1.82. The summed E-state index contributed by atoms with van der Waals surface area (Å²) in [5.74, 6) is 0.772. The zero-order valence-corrected chi connectivity index (χ0v) is 10.1. The van der Waals surface area contributed by atoms with Crippen molar-refractivity contribution in [3.63, 3.8) is 0 Å². The highest BCUT2D eigenvalue weighted by atomic mass is 16.6. The van der Waals surface area contributed by atoms with Crippen LogP contribution in [0.15, 0.2) is 29.4 Å². The Hall–Kier alpha value is -1.55. The van der Waals surface area contributed by atoms with E-state index in [2.05, 4.69) is 5.16 Å². The first-order chi connectivity index (χ1) is 8.30. The number of methoxy groups -OCH3 is 1. The monoisotopic (exact) mass is 235 g/mol. The van der Waals surface area contributed by atoms with Crippen LogP contribution in [-0.4, -0.2) is 30.6 Å². The lowest BCUT2D eigenvalue weighted by Gasteiger charge is -2.14. The molecule has 0 fully saturated rings. The molecule has 1 aromatic rings. The van der Waals surface area contributed by atoms with E-state index in [-0.39, 0.29) is 18.6 Å². The summed E-state index contributed by atoms with van der Waals surface area (Å²) in [5, 5.41) is 13.5. The number of aliphatic hydroxyl groups is 1. The van der Waals surface area contributed by atoms with E-state index >= 15 is 0 Å². The topological polar surface area (TPSA) is 51.0 Å². The van der Waals surface area contributed by atoms with Crippen molar-refractivity contribution in [2.24, 2.45) is 11.1 Å². The second kappa shape index (κ2) is 5.19. The molecule has 1 aliphatic heterocycles. The summed E-state index contributed by atoms with van der Waals surface area (Å²) in [6.07, 6.45) is 0.825. The maximum Gasteiger partial charge on any atom is 0.138 e. The molecule has 2 rings (SSSR count). The van der Waals surface area contributed by atoms with Gasteiger partial charge in [-0.05, 0) is 30.7 Å². The van der Waals surface area contributed by atoms with E-state index in [9.17, 15) is 5.11 Å². The molecule has 17 heavy (non-hydrogen) atoms. The molecule has 0 saturated carbocycles. The van der Waals surface area contributed by atoms with Crippen molar-refractivity contribution in [2.45, 2.75) is 19.4 Å². The number of nitrogens with zero attached hydrogens (tertiary/aromatic N) is 1. The second-order valence-corrected chi connectivity index (χ2v) is 4.05. The van der Waals surface area contributed by atoms with E-state index in [1.54, 1.807) is 7.11 Å². The lowest BCUT2D eigenvalue weighted by molar-refractivity contribution is 0.0439. The van der Waals surface area contributed by atoms with E-state index in [1.807, 2.05) is 31.2 Å². The van der Waals surface area contributed by atoms with Crippen molar-refractivity contribution in [1.82, 2.24) is 0 Å². The number of oxime groups is 1. The molecule has 1 aromatic carbocycles. The standard InChI is InChI=1S/C13H17NO3/c1-3-12-11(8-15)13(14-17-12)9-4-6-10(16-2)7-5-9/h4-7,11-12,15H,3,8H2,1-2H3/t11?,12-/m0/s1. The summed E-state index contributed by atoms with van der Waals surface area (Å²) in [4.78, 5) is 5.33. The summed E-state index contributed by atoms with van der Waals surface area (Å²) < 4.78 is 5.11. The fourth-order valence-corrected chi connectivity index (χ4v) is 2.03. The normalized spacial score (nSPS) is 23.1. The van der Waals surface area contributed by atoms with Crippen LogP contribution in [-0.2, 0) is 4.84 Å². The third kappa shape index (κ3) is 2.26. The Kier molecular flexibility index (Phi) is 3.64. The first kappa shape index (κ1) is 11.9. The fourth-order valence-electron chi connectivity index (χ4n) is 2.03. The lowest BCUT2D eigenvalue weighted by atomic mass is 9.92. The summed E-state index contributed by atoms with van der Waals surface area (Å²) in [7, 11) is 1.63. The quantitative estimate of drug-likeness (QED) is 0.866. The third-order valence-electron chi connectivity index (χ3n) is 3.07. The first-order valence-corrected chi connectivity index (χ1v) is 5.79. The zero-order chi connectivity index (χ0) is 12.3. The lowest BCUT2D eigenvalue weighted by Crippen LogP contribution is -2.26. The molecular formula is C13H17NO3. The number of aliphatic hydroxyl groups excluding tert-OH is 1. The second-order valence-electron chi connectivity index (χ2n) is 4.05. The number of hydrogen-bond donors (Lipinski definition) is 1. The molecule has 0 saturated heterocycles. The van der Waals surface area contributed by atoms with E-state index in [1.165, 1.54) is 0 Å². The SMILES string of the molecule is CC[C@@H]1ON=C(c2ccc(OC)cc2)C1CO. The minimum Gasteiger partial charge on any atom is -0.497 e. The van der Waals surface area contributed by atoms with Gasteiger partial charge in [0.15, 0.2) is 0 Å². The van der Waals surface area contributed by atoms with Crippen LogP contribution < -0.4 is 4.74 Å². The molecule has 0 spiro atoms. The summed E-state index contributed by atoms with van der Waals surface area (Å²) in [5.41, 5.74) is 1.79. The minimum absolute atomic E-state index is 0.0166. The molecule has 0 aromatic heterocycles. The molecule has 1 N–H and O–H groups in total. The Morgan fingerprint density at radius 2 is 2.06 bits per heavy atom. The summed E-state index contributed by atoms with van der Waals surface area (Å²) >= 11 is 0. The minimum atomic E-state index is -0.0339. The van der Waals surface area contributed by atoms with E-state index < -0.39 is 0 Å². The molecule has 0 aliphatic carbocycles. The Labute approximate surface area is 101 Å². The van der Waals surface area contributed by atoms with Crippen molar-refractivity contribution in [3.05, 3.63) is 29.8 Å². The summed E-state index contributed by atoms with van der Waals surface area (Å²) in [6.45, 7) is 2.09. The van der Waals surface area contributed by atoms with Gasteiger partial charge in [-0.15, -0.1) is 0 Å². The van der Waals surface area contributed by atoms with Gasteiger partial charge in [-0.25, -0.2) is 0 Å². The maximum atomic E-state index is 9.41. The largest absolute Gasteiger partial charge is 0.497 e. The molecule has 0 radical (unpaired) electrons. The smallest absolute Gasteiger partial charge is 0.138 e. The van der Waals surface area contributed by atoms with Gasteiger partial charge in [-0.2, -0.15) is 0 Å². The molecule has 4 heteroatoms. The van der Waals surface area contributed by atoms with Gasteiger partial charge in [0.05, 0.1) is 25.3 Å². The number of rotatable bonds is 4. The van der Waals surface area contributed by atoms with E-state index in [0.717, 1.165) is 23.4 Å². The van der Waals surface area contributed by atoms with Crippen LogP contribution in [0.25, 0.3) is 0 Å². The van der Waals surface area contributed by atoms with E-state index in [4.69, 9.17) is 9.57 Å². The zero-order valence-electron chi connectivity index (χ0n) is 10.1. The van der Waals surface area contributed by atoms with Crippen LogP contribution in [0.1, 0.15) is 18.9 Å². The third-order valence-corrected chi connectivity index (χ3v) is 3.07. The molecule has 92 valence electrons. The van der Waals surface area contributed by atoms with Gasteiger partial charge in [0.1, 0.15) is 11.9 Å². The van der Waals surface area contributed by atoms with Gasteiger partial charge in [-0.1, -0.05) is 12.1 Å². The molecule has 1 heterocycles. The van der Waals surface area contributed by atoms with Gasteiger partial charge in [0.25, 0.3) is 0 Å². The van der Waals surface area contributed by atoms with Gasteiger partial charge in [0, 0.05) is 5.56 Å². The first-order valence-electron chi connectivity index (χ1n) is 5.79. The van der Waals surface area contributed by atoms with Crippen LogP contribution >= 0.6 is 0 Å². The highest BCUT2D eigenvalue weighted by Gasteiger charge is 2.33. The maximum absolute atomic E-state index is 9.41. The van der Waals surface area contributed by atoms with E-state index in [0.29, 0.717) is 0 Å². The van der Waals surface area contributed by atoms with Crippen molar-refractivity contribution in [2.75, 3.05) is 13.7 Å². The summed E-state index contributed by atoms with van der Waals surface area (Å²) in [6, 6.07) is 7.63. The highest BCUT2D eigenvalue weighted by Crippen LogP contribution is 2.25. The van der Waals surface area contributed by atoms with Gasteiger partial charge < -0.3 is 14.7 Å². The molecule has 2 atom stereocenters. The van der Waals surface area contributed by atoms with Crippen molar-refractivity contribution in [1.29, 1.82) is 0 Å².